The third-order valence-electron chi connectivity index (χ3n) is 2.99. The van der Waals surface area contributed by atoms with Crippen LogP contribution in [0.15, 0.2) is 5.16 Å². The molecule has 4 nitrogen and oxygen atoms in total. The SMILES string of the molecule is N/C(CN1CCC2(CC2)C1)=N\O. The van der Waals surface area contributed by atoms with Crippen molar-refractivity contribution in [2.75, 3.05) is 19.6 Å². The summed E-state index contributed by atoms with van der Waals surface area (Å²) in [7, 11) is 0. The van der Waals surface area contributed by atoms with Gasteiger partial charge >= 0.3 is 0 Å². The van der Waals surface area contributed by atoms with Crippen molar-refractivity contribution in [2.24, 2.45) is 16.3 Å². The minimum Gasteiger partial charge on any atom is -0.409 e. The maximum atomic E-state index is 8.38. The van der Waals surface area contributed by atoms with E-state index in [2.05, 4.69) is 10.1 Å². The normalized spacial score (nSPS) is 28.2. The number of hydrogen-bond donors (Lipinski definition) is 2. The molecule has 4 heteroatoms. The van der Waals surface area contributed by atoms with E-state index < -0.39 is 0 Å². The van der Waals surface area contributed by atoms with Crippen LogP contribution >= 0.6 is 0 Å². The third kappa shape index (κ3) is 1.39. The molecule has 0 radical (unpaired) electrons. The Kier molecular flexibility index (Phi) is 1.72. The van der Waals surface area contributed by atoms with E-state index >= 15 is 0 Å². The lowest BCUT2D eigenvalue weighted by Gasteiger charge is -2.13. The van der Waals surface area contributed by atoms with Gasteiger partial charge in [0.05, 0.1) is 6.54 Å². The molecule has 1 saturated carbocycles. The first-order chi connectivity index (χ1) is 5.74. The minimum absolute atomic E-state index is 0.327. The molecule has 0 bridgehead atoms. The van der Waals surface area contributed by atoms with Crippen molar-refractivity contribution in [3.63, 3.8) is 0 Å². The maximum absolute atomic E-state index is 8.38. The Balaban J connectivity index is 1.83. The highest BCUT2D eigenvalue weighted by atomic mass is 16.4. The Morgan fingerprint density at radius 1 is 1.50 bits per heavy atom. The van der Waals surface area contributed by atoms with Crippen LogP contribution in [-0.4, -0.2) is 35.6 Å². The summed E-state index contributed by atoms with van der Waals surface area (Å²) in [6, 6.07) is 0. The van der Waals surface area contributed by atoms with Crippen LogP contribution in [0.4, 0.5) is 0 Å². The molecule has 1 aliphatic carbocycles. The van der Waals surface area contributed by atoms with Crippen LogP contribution in [0.25, 0.3) is 0 Å². The van der Waals surface area contributed by atoms with Gasteiger partial charge in [0.2, 0.25) is 0 Å². The van der Waals surface area contributed by atoms with Gasteiger partial charge in [-0.1, -0.05) is 5.16 Å². The summed E-state index contributed by atoms with van der Waals surface area (Å²) in [5, 5.41) is 11.4. The molecule has 12 heavy (non-hydrogen) atoms. The molecule has 2 fully saturated rings. The Bertz CT molecular complexity index is 210. The van der Waals surface area contributed by atoms with Gasteiger partial charge in [0.1, 0.15) is 0 Å². The summed E-state index contributed by atoms with van der Waals surface area (Å²) in [5.74, 6) is 0.327. The molecule has 0 amide bonds. The topological polar surface area (TPSA) is 61.8 Å². The molecule has 2 rings (SSSR count). The van der Waals surface area contributed by atoms with Crippen molar-refractivity contribution in [1.29, 1.82) is 0 Å². The average Bonchev–Trinajstić information content (AvgIpc) is 2.68. The van der Waals surface area contributed by atoms with Crippen LogP contribution in [0.5, 0.6) is 0 Å². The lowest BCUT2D eigenvalue weighted by molar-refractivity contribution is 0.307. The predicted octanol–water partition coefficient (Wildman–Crippen LogP) is 0.219. The van der Waals surface area contributed by atoms with E-state index in [4.69, 9.17) is 10.9 Å². The van der Waals surface area contributed by atoms with Crippen LogP contribution in [-0.2, 0) is 0 Å². The van der Waals surface area contributed by atoms with E-state index in [9.17, 15) is 0 Å². The first-order valence-corrected chi connectivity index (χ1v) is 4.43. The highest BCUT2D eigenvalue weighted by molar-refractivity contribution is 5.81. The first-order valence-electron chi connectivity index (χ1n) is 4.43. The van der Waals surface area contributed by atoms with E-state index in [0.717, 1.165) is 13.1 Å². The van der Waals surface area contributed by atoms with Gasteiger partial charge in [0.25, 0.3) is 0 Å². The standard InChI is InChI=1S/C8H15N3O/c9-7(10-12)5-11-4-3-8(6-11)1-2-8/h12H,1-6H2,(H2,9,10). The number of hydrogen-bond acceptors (Lipinski definition) is 3. The van der Waals surface area contributed by atoms with E-state index in [1.54, 1.807) is 0 Å². The molecule has 0 aromatic heterocycles. The zero-order valence-electron chi connectivity index (χ0n) is 7.16. The van der Waals surface area contributed by atoms with Crippen molar-refractivity contribution in [1.82, 2.24) is 4.90 Å². The summed E-state index contributed by atoms with van der Waals surface area (Å²) in [5.41, 5.74) is 6.05. The van der Waals surface area contributed by atoms with Gasteiger partial charge in [-0.05, 0) is 31.2 Å². The molecular formula is C8H15N3O. The Hall–Kier alpha value is -0.770. The summed E-state index contributed by atoms with van der Waals surface area (Å²) < 4.78 is 0. The molecule has 1 aliphatic heterocycles. The zero-order valence-corrected chi connectivity index (χ0v) is 7.16. The van der Waals surface area contributed by atoms with Crippen LogP contribution in [0, 0.1) is 5.41 Å². The summed E-state index contributed by atoms with van der Waals surface area (Å²) >= 11 is 0. The van der Waals surface area contributed by atoms with Gasteiger partial charge in [-0.25, -0.2) is 0 Å². The van der Waals surface area contributed by atoms with Crippen LogP contribution in [0.1, 0.15) is 19.3 Å². The van der Waals surface area contributed by atoms with Crippen molar-refractivity contribution < 1.29 is 5.21 Å². The molecule has 2 aliphatic rings. The number of nitrogens with two attached hydrogens (primary N) is 1. The second-order valence-corrected chi connectivity index (χ2v) is 4.05. The number of rotatable bonds is 2. The number of amidine groups is 1. The molecule has 0 atom stereocenters. The molecule has 1 heterocycles. The molecule has 1 spiro atoms. The van der Waals surface area contributed by atoms with Gasteiger partial charge in [0.15, 0.2) is 5.84 Å². The second-order valence-electron chi connectivity index (χ2n) is 4.05. The highest BCUT2D eigenvalue weighted by Crippen LogP contribution is 2.52. The summed E-state index contributed by atoms with van der Waals surface area (Å²) in [6.45, 7) is 2.87. The van der Waals surface area contributed by atoms with E-state index in [0.29, 0.717) is 17.8 Å². The van der Waals surface area contributed by atoms with Gasteiger partial charge in [-0.2, -0.15) is 0 Å². The Morgan fingerprint density at radius 2 is 2.25 bits per heavy atom. The lowest BCUT2D eigenvalue weighted by Crippen LogP contribution is -2.32. The molecule has 0 aromatic carbocycles. The fourth-order valence-corrected chi connectivity index (χ4v) is 2.01. The first kappa shape index (κ1) is 7.86. The second kappa shape index (κ2) is 2.62. The fraction of sp³-hybridized carbons (Fsp3) is 0.875. The van der Waals surface area contributed by atoms with Gasteiger partial charge in [-0.3, -0.25) is 4.90 Å². The highest BCUT2D eigenvalue weighted by Gasteiger charge is 2.47. The largest absolute Gasteiger partial charge is 0.409 e. The van der Waals surface area contributed by atoms with Gasteiger partial charge < -0.3 is 10.9 Å². The lowest BCUT2D eigenvalue weighted by atomic mass is 10.1. The molecule has 68 valence electrons. The van der Waals surface area contributed by atoms with E-state index in [1.165, 1.54) is 19.3 Å². The summed E-state index contributed by atoms with van der Waals surface area (Å²) in [6.07, 6.45) is 4.05. The molecular weight excluding hydrogens is 154 g/mol. The van der Waals surface area contributed by atoms with Crippen LogP contribution in [0.2, 0.25) is 0 Å². The zero-order chi connectivity index (χ0) is 8.60. The molecule has 3 N–H and O–H groups in total. The maximum Gasteiger partial charge on any atom is 0.153 e. The van der Waals surface area contributed by atoms with Crippen molar-refractivity contribution in [2.45, 2.75) is 19.3 Å². The quantitative estimate of drug-likeness (QED) is 0.269. The Morgan fingerprint density at radius 3 is 2.75 bits per heavy atom. The summed E-state index contributed by atoms with van der Waals surface area (Å²) in [4.78, 5) is 2.27. The van der Waals surface area contributed by atoms with E-state index in [1.807, 2.05) is 0 Å². The van der Waals surface area contributed by atoms with Gasteiger partial charge in [0, 0.05) is 6.54 Å². The Labute approximate surface area is 72.0 Å². The third-order valence-corrected chi connectivity index (χ3v) is 2.99. The van der Waals surface area contributed by atoms with Crippen molar-refractivity contribution in [3.8, 4) is 0 Å². The molecule has 0 unspecified atom stereocenters. The monoisotopic (exact) mass is 169 g/mol. The molecule has 0 aromatic rings. The fourth-order valence-electron chi connectivity index (χ4n) is 2.01. The predicted molar refractivity (Wildman–Crippen MR) is 46.1 cm³/mol. The van der Waals surface area contributed by atoms with Crippen molar-refractivity contribution in [3.05, 3.63) is 0 Å². The smallest absolute Gasteiger partial charge is 0.153 e. The van der Waals surface area contributed by atoms with E-state index in [-0.39, 0.29) is 0 Å². The number of likely N-dealkylation sites (tertiary alicyclic amines) is 1. The molecule has 1 saturated heterocycles. The number of oxime groups is 1. The minimum atomic E-state index is 0.327. The van der Waals surface area contributed by atoms with Crippen LogP contribution in [0.3, 0.4) is 0 Å². The number of nitrogens with zero attached hydrogens (tertiary/aromatic N) is 2. The average molecular weight is 169 g/mol. The van der Waals surface area contributed by atoms with Crippen LogP contribution < -0.4 is 5.73 Å². The van der Waals surface area contributed by atoms with Gasteiger partial charge in [-0.15, -0.1) is 0 Å². The van der Waals surface area contributed by atoms with Crippen molar-refractivity contribution >= 4 is 5.84 Å².